The number of hydrogen-bond acceptors (Lipinski definition) is 1. The summed E-state index contributed by atoms with van der Waals surface area (Å²) in [6, 6.07) is 0.102. The summed E-state index contributed by atoms with van der Waals surface area (Å²) in [5.41, 5.74) is 1.11. The van der Waals surface area contributed by atoms with Crippen LogP contribution in [0.1, 0.15) is 20.8 Å². The molecule has 0 saturated carbocycles. The highest BCUT2D eigenvalue weighted by Crippen LogP contribution is 1.99. The lowest BCUT2D eigenvalue weighted by Crippen LogP contribution is -2.31. The molecule has 0 rings (SSSR count). The third kappa shape index (κ3) is 4.37. The van der Waals surface area contributed by atoms with E-state index in [1.165, 1.54) is 6.92 Å². The van der Waals surface area contributed by atoms with E-state index in [1.807, 2.05) is 19.9 Å². The molecule has 0 heterocycles. The quantitative estimate of drug-likeness (QED) is 0.614. The predicted molar refractivity (Wildman–Crippen MR) is 47.2 cm³/mol. The van der Waals surface area contributed by atoms with Gasteiger partial charge in [-0.1, -0.05) is 24.3 Å². The molecule has 2 nitrogen and oxygen atoms in total. The summed E-state index contributed by atoms with van der Waals surface area (Å²) < 4.78 is 0. The van der Waals surface area contributed by atoms with Gasteiger partial charge in [-0.2, -0.15) is 0 Å². The standard InChI is InChI=1S/C9H15NO/c1-5-6-7(2)8(3)10-9(4)11/h5-6,8H,1H2,2-4H3,(H,10,11)/b7-6+. The SMILES string of the molecule is C=C/C=C(\C)C(C)NC(C)=O. The van der Waals surface area contributed by atoms with Gasteiger partial charge in [-0.25, -0.2) is 0 Å². The molecule has 0 radical (unpaired) electrons. The molecule has 1 amide bonds. The van der Waals surface area contributed by atoms with E-state index >= 15 is 0 Å². The maximum absolute atomic E-state index is 10.6. The molecule has 0 aliphatic carbocycles. The van der Waals surface area contributed by atoms with Gasteiger partial charge in [0.25, 0.3) is 0 Å². The van der Waals surface area contributed by atoms with E-state index in [0.717, 1.165) is 5.57 Å². The Balaban J connectivity index is 4.02. The van der Waals surface area contributed by atoms with Crippen LogP contribution in [-0.4, -0.2) is 11.9 Å². The van der Waals surface area contributed by atoms with E-state index in [9.17, 15) is 4.79 Å². The first-order valence-electron chi connectivity index (χ1n) is 3.64. The van der Waals surface area contributed by atoms with E-state index < -0.39 is 0 Å². The Bertz CT molecular complexity index is 182. The molecule has 0 aromatic rings. The number of rotatable bonds is 3. The van der Waals surface area contributed by atoms with Crippen molar-refractivity contribution in [1.82, 2.24) is 5.32 Å². The number of carbonyl (C=O) groups excluding carboxylic acids is 1. The Morgan fingerprint density at radius 3 is 2.45 bits per heavy atom. The zero-order valence-corrected chi connectivity index (χ0v) is 7.35. The monoisotopic (exact) mass is 153 g/mol. The molecule has 0 aromatic heterocycles. The number of amides is 1. The fourth-order valence-corrected chi connectivity index (χ4v) is 0.749. The van der Waals surface area contributed by atoms with E-state index in [0.29, 0.717) is 0 Å². The van der Waals surface area contributed by atoms with Crippen molar-refractivity contribution in [2.75, 3.05) is 0 Å². The van der Waals surface area contributed by atoms with Crippen LogP contribution in [0.25, 0.3) is 0 Å². The highest BCUT2D eigenvalue weighted by Gasteiger charge is 2.02. The Morgan fingerprint density at radius 1 is 1.55 bits per heavy atom. The van der Waals surface area contributed by atoms with Crippen LogP contribution >= 0.6 is 0 Å². The van der Waals surface area contributed by atoms with Crippen molar-refractivity contribution in [1.29, 1.82) is 0 Å². The molecule has 1 N–H and O–H groups in total. The highest BCUT2D eigenvalue weighted by molar-refractivity contribution is 5.73. The molecule has 2 heteroatoms. The molecular weight excluding hydrogens is 138 g/mol. The lowest BCUT2D eigenvalue weighted by Gasteiger charge is -2.11. The molecule has 0 aliphatic heterocycles. The molecule has 0 bridgehead atoms. The molecular formula is C9H15NO. The van der Waals surface area contributed by atoms with E-state index in [-0.39, 0.29) is 11.9 Å². The van der Waals surface area contributed by atoms with Crippen LogP contribution < -0.4 is 5.32 Å². The van der Waals surface area contributed by atoms with Gasteiger partial charge in [0.05, 0.1) is 0 Å². The lowest BCUT2D eigenvalue weighted by atomic mass is 10.1. The Kier molecular flexibility index (Phi) is 4.27. The second kappa shape index (κ2) is 4.72. The van der Waals surface area contributed by atoms with Gasteiger partial charge < -0.3 is 5.32 Å². The molecule has 62 valence electrons. The van der Waals surface area contributed by atoms with Gasteiger partial charge in [-0.15, -0.1) is 0 Å². The fourth-order valence-electron chi connectivity index (χ4n) is 0.749. The van der Waals surface area contributed by atoms with Crippen molar-refractivity contribution >= 4 is 5.91 Å². The van der Waals surface area contributed by atoms with Gasteiger partial charge in [0.2, 0.25) is 5.91 Å². The van der Waals surface area contributed by atoms with Crippen molar-refractivity contribution in [2.45, 2.75) is 26.8 Å². The Morgan fingerprint density at radius 2 is 2.09 bits per heavy atom. The summed E-state index contributed by atoms with van der Waals surface area (Å²) >= 11 is 0. The van der Waals surface area contributed by atoms with Gasteiger partial charge in [0, 0.05) is 13.0 Å². The van der Waals surface area contributed by atoms with Crippen LogP contribution in [-0.2, 0) is 4.79 Å². The molecule has 0 aliphatic rings. The first-order valence-corrected chi connectivity index (χ1v) is 3.64. The summed E-state index contributed by atoms with van der Waals surface area (Å²) in [5.74, 6) is -0.00527. The molecule has 11 heavy (non-hydrogen) atoms. The molecule has 0 aromatic carbocycles. The van der Waals surface area contributed by atoms with E-state index in [1.54, 1.807) is 6.08 Å². The summed E-state index contributed by atoms with van der Waals surface area (Å²) in [5, 5.41) is 2.77. The maximum Gasteiger partial charge on any atom is 0.217 e. The summed E-state index contributed by atoms with van der Waals surface area (Å²) in [4.78, 5) is 10.6. The molecule has 1 unspecified atom stereocenters. The smallest absolute Gasteiger partial charge is 0.217 e. The normalized spacial score (nSPS) is 13.9. The predicted octanol–water partition coefficient (Wildman–Crippen LogP) is 1.64. The van der Waals surface area contributed by atoms with Crippen molar-refractivity contribution in [3.63, 3.8) is 0 Å². The molecule has 0 saturated heterocycles. The average molecular weight is 153 g/mol. The highest BCUT2D eigenvalue weighted by atomic mass is 16.1. The van der Waals surface area contributed by atoms with Crippen LogP contribution in [0.15, 0.2) is 24.3 Å². The summed E-state index contributed by atoms with van der Waals surface area (Å²) in [7, 11) is 0. The minimum Gasteiger partial charge on any atom is -0.350 e. The number of hydrogen-bond donors (Lipinski definition) is 1. The first-order chi connectivity index (χ1) is 5.07. The van der Waals surface area contributed by atoms with Crippen LogP contribution in [0.5, 0.6) is 0 Å². The number of nitrogens with one attached hydrogen (secondary N) is 1. The van der Waals surface area contributed by atoms with Crippen molar-refractivity contribution in [2.24, 2.45) is 0 Å². The summed E-state index contributed by atoms with van der Waals surface area (Å²) in [6.45, 7) is 8.99. The topological polar surface area (TPSA) is 29.1 Å². The third-order valence-electron chi connectivity index (χ3n) is 1.48. The van der Waals surface area contributed by atoms with Gasteiger partial charge in [0.15, 0.2) is 0 Å². The van der Waals surface area contributed by atoms with Crippen molar-refractivity contribution < 1.29 is 4.79 Å². The average Bonchev–Trinajstić information content (AvgIpc) is 1.86. The second-order valence-electron chi connectivity index (χ2n) is 2.57. The first kappa shape index (κ1) is 9.95. The van der Waals surface area contributed by atoms with Gasteiger partial charge in [-0.05, 0) is 13.8 Å². The van der Waals surface area contributed by atoms with Crippen molar-refractivity contribution in [3.8, 4) is 0 Å². The van der Waals surface area contributed by atoms with Gasteiger partial charge >= 0.3 is 0 Å². The minimum absolute atomic E-state index is 0.00527. The Labute approximate surface area is 68.0 Å². The van der Waals surface area contributed by atoms with Gasteiger partial charge in [-0.3, -0.25) is 4.79 Å². The second-order valence-corrected chi connectivity index (χ2v) is 2.57. The maximum atomic E-state index is 10.6. The zero-order valence-electron chi connectivity index (χ0n) is 7.35. The number of allylic oxidation sites excluding steroid dienone is 2. The minimum atomic E-state index is -0.00527. The van der Waals surface area contributed by atoms with Crippen molar-refractivity contribution in [3.05, 3.63) is 24.3 Å². The number of carbonyl (C=O) groups is 1. The third-order valence-corrected chi connectivity index (χ3v) is 1.48. The molecule has 1 atom stereocenters. The summed E-state index contributed by atoms with van der Waals surface area (Å²) in [6.07, 6.45) is 3.61. The van der Waals surface area contributed by atoms with Gasteiger partial charge in [0.1, 0.15) is 0 Å². The fraction of sp³-hybridized carbons (Fsp3) is 0.444. The molecule has 0 spiro atoms. The Hall–Kier alpha value is -1.05. The van der Waals surface area contributed by atoms with Crippen LogP contribution in [0.3, 0.4) is 0 Å². The molecule has 0 fully saturated rings. The zero-order chi connectivity index (χ0) is 8.85. The van der Waals surface area contributed by atoms with Crippen LogP contribution in [0, 0.1) is 0 Å². The van der Waals surface area contributed by atoms with E-state index in [2.05, 4.69) is 11.9 Å². The van der Waals surface area contributed by atoms with Crippen LogP contribution in [0.2, 0.25) is 0 Å². The van der Waals surface area contributed by atoms with Crippen LogP contribution in [0.4, 0.5) is 0 Å². The largest absolute Gasteiger partial charge is 0.350 e. The lowest BCUT2D eigenvalue weighted by molar-refractivity contribution is -0.119. The van der Waals surface area contributed by atoms with E-state index in [4.69, 9.17) is 0 Å².